The number of carbonyl (C=O) groups excluding carboxylic acids is 1. The number of aryl methyl sites for hydroxylation is 1. The van der Waals surface area contributed by atoms with Gasteiger partial charge >= 0.3 is 0 Å². The van der Waals surface area contributed by atoms with Gasteiger partial charge in [-0.3, -0.25) is 14.5 Å². The molecule has 0 saturated carbocycles. The van der Waals surface area contributed by atoms with E-state index in [1.165, 1.54) is 0 Å². The van der Waals surface area contributed by atoms with Gasteiger partial charge in [-0.25, -0.2) is 0 Å². The second-order valence-corrected chi connectivity index (χ2v) is 4.32. The van der Waals surface area contributed by atoms with Crippen molar-refractivity contribution in [3.8, 4) is 11.5 Å². The Morgan fingerprint density at radius 2 is 2.11 bits per heavy atom. The lowest BCUT2D eigenvalue weighted by Crippen LogP contribution is -2.40. The van der Waals surface area contributed by atoms with Gasteiger partial charge in [-0.05, 0) is 19.9 Å². The second-order valence-electron chi connectivity index (χ2n) is 4.32. The number of rotatable bonds is 2. The maximum Gasteiger partial charge on any atom is 0.291 e. The molecule has 0 atom stereocenters. The summed E-state index contributed by atoms with van der Waals surface area (Å²) in [4.78, 5) is 13.8. The Morgan fingerprint density at radius 1 is 1.33 bits per heavy atom. The van der Waals surface area contributed by atoms with E-state index in [4.69, 9.17) is 0 Å². The molecule has 3 heterocycles. The van der Waals surface area contributed by atoms with Crippen LogP contribution in [0.5, 0.6) is 0 Å². The Hall–Kier alpha value is -2.18. The topological polar surface area (TPSA) is 79.7 Å². The number of aromatic amines is 1. The number of likely N-dealkylation sites (N-methyl/N-ethyl adjacent to an activating group) is 1. The molecular formula is C11H14N6O. The van der Waals surface area contributed by atoms with Gasteiger partial charge in [-0.2, -0.15) is 5.10 Å². The smallest absolute Gasteiger partial charge is 0.291 e. The Kier molecular flexibility index (Phi) is 2.39. The summed E-state index contributed by atoms with van der Waals surface area (Å²) in [6.07, 6.45) is 0. The minimum atomic E-state index is -0.0604. The molecule has 1 aliphatic heterocycles. The van der Waals surface area contributed by atoms with Gasteiger partial charge in [0.2, 0.25) is 5.82 Å². The lowest BCUT2D eigenvalue weighted by Gasteiger charge is -2.25. The summed E-state index contributed by atoms with van der Waals surface area (Å²) < 4.78 is 1.84. The van der Waals surface area contributed by atoms with E-state index in [1.54, 1.807) is 4.90 Å². The van der Waals surface area contributed by atoms with Gasteiger partial charge in [-0.1, -0.05) is 0 Å². The highest BCUT2D eigenvalue weighted by atomic mass is 16.2. The highest BCUT2D eigenvalue weighted by Crippen LogP contribution is 2.20. The molecule has 1 aliphatic rings. The van der Waals surface area contributed by atoms with Crippen LogP contribution in [0.4, 0.5) is 0 Å². The van der Waals surface area contributed by atoms with E-state index in [9.17, 15) is 4.79 Å². The third-order valence-corrected chi connectivity index (χ3v) is 3.14. The molecule has 94 valence electrons. The lowest BCUT2D eigenvalue weighted by atomic mass is 10.3. The molecule has 0 saturated heterocycles. The number of nitrogens with zero attached hydrogens (tertiary/aromatic N) is 5. The van der Waals surface area contributed by atoms with Gasteiger partial charge in [-0.15, -0.1) is 10.2 Å². The number of fused-ring (bicyclic) bond motifs is 1. The van der Waals surface area contributed by atoms with Crippen molar-refractivity contribution in [2.45, 2.75) is 20.4 Å². The van der Waals surface area contributed by atoms with Gasteiger partial charge < -0.3 is 4.90 Å². The molecule has 0 spiro atoms. The summed E-state index contributed by atoms with van der Waals surface area (Å²) in [6, 6.07) is 1.90. The zero-order chi connectivity index (χ0) is 12.7. The molecule has 1 amide bonds. The van der Waals surface area contributed by atoms with E-state index in [-0.39, 0.29) is 5.91 Å². The van der Waals surface area contributed by atoms with E-state index in [1.807, 2.05) is 24.5 Å². The third-order valence-electron chi connectivity index (χ3n) is 3.14. The number of carbonyl (C=O) groups is 1. The average Bonchev–Trinajstić information content (AvgIpc) is 2.96. The standard InChI is InChI=1S/C11H14N6O/c1-3-16-4-5-17-9(8-6-7(2)12-13-8)14-15-10(17)11(16)18/h6H,3-5H2,1-2H3,(H,12,13). The maximum absolute atomic E-state index is 12.1. The van der Waals surface area contributed by atoms with Crippen LogP contribution in [0.2, 0.25) is 0 Å². The Morgan fingerprint density at radius 3 is 2.78 bits per heavy atom. The van der Waals surface area contributed by atoms with Crippen molar-refractivity contribution < 1.29 is 4.79 Å². The molecular weight excluding hydrogens is 232 g/mol. The lowest BCUT2D eigenvalue weighted by molar-refractivity contribution is 0.0707. The van der Waals surface area contributed by atoms with Crippen molar-refractivity contribution in [2.75, 3.05) is 13.1 Å². The molecule has 7 nitrogen and oxygen atoms in total. The zero-order valence-electron chi connectivity index (χ0n) is 10.3. The van der Waals surface area contributed by atoms with Gasteiger partial charge in [0, 0.05) is 25.3 Å². The molecule has 18 heavy (non-hydrogen) atoms. The predicted octanol–water partition coefficient (Wildman–Crippen LogP) is 0.452. The van der Waals surface area contributed by atoms with Crippen molar-refractivity contribution in [3.63, 3.8) is 0 Å². The SMILES string of the molecule is CCN1CCn2c(nnc2-c2cc(C)[nH]n2)C1=O. The number of amides is 1. The normalized spacial score (nSPS) is 15.0. The van der Waals surface area contributed by atoms with E-state index in [2.05, 4.69) is 20.4 Å². The molecule has 0 fully saturated rings. The molecule has 7 heteroatoms. The minimum Gasteiger partial charge on any atom is -0.334 e. The fraction of sp³-hybridized carbons (Fsp3) is 0.455. The quantitative estimate of drug-likeness (QED) is 0.834. The van der Waals surface area contributed by atoms with E-state index < -0.39 is 0 Å². The monoisotopic (exact) mass is 246 g/mol. The molecule has 0 aliphatic carbocycles. The molecule has 0 bridgehead atoms. The van der Waals surface area contributed by atoms with Crippen molar-refractivity contribution in [2.24, 2.45) is 0 Å². The largest absolute Gasteiger partial charge is 0.334 e. The summed E-state index contributed by atoms with van der Waals surface area (Å²) in [5, 5.41) is 15.1. The number of hydrogen-bond donors (Lipinski definition) is 1. The van der Waals surface area contributed by atoms with Crippen LogP contribution in [-0.4, -0.2) is 48.9 Å². The Balaban J connectivity index is 2.04. The minimum absolute atomic E-state index is 0.0604. The zero-order valence-corrected chi connectivity index (χ0v) is 10.3. The first-order chi connectivity index (χ1) is 8.70. The molecule has 0 radical (unpaired) electrons. The van der Waals surface area contributed by atoms with Crippen LogP contribution >= 0.6 is 0 Å². The second kappa shape index (κ2) is 3.94. The average molecular weight is 246 g/mol. The number of nitrogens with one attached hydrogen (secondary N) is 1. The fourth-order valence-corrected chi connectivity index (χ4v) is 2.16. The molecule has 0 aromatic carbocycles. The highest BCUT2D eigenvalue weighted by molar-refractivity contribution is 5.91. The van der Waals surface area contributed by atoms with Crippen molar-refractivity contribution in [3.05, 3.63) is 17.6 Å². The fourth-order valence-electron chi connectivity index (χ4n) is 2.16. The van der Waals surface area contributed by atoms with Crippen LogP contribution in [-0.2, 0) is 6.54 Å². The molecule has 0 unspecified atom stereocenters. The van der Waals surface area contributed by atoms with Crippen molar-refractivity contribution >= 4 is 5.91 Å². The summed E-state index contributed by atoms with van der Waals surface area (Å²) in [7, 11) is 0. The van der Waals surface area contributed by atoms with Crippen LogP contribution in [0.3, 0.4) is 0 Å². The first-order valence-corrected chi connectivity index (χ1v) is 5.95. The summed E-state index contributed by atoms with van der Waals surface area (Å²) in [5.41, 5.74) is 1.68. The van der Waals surface area contributed by atoms with E-state index >= 15 is 0 Å². The number of hydrogen-bond acceptors (Lipinski definition) is 4. The van der Waals surface area contributed by atoms with Crippen molar-refractivity contribution in [1.29, 1.82) is 0 Å². The van der Waals surface area contributed by atoms with Gasteiger partial charge in [0.25, 0.3) is 5.91 Å². The summed E-state index contributed by atoms with van der Waals surface area (Å²) in [5.74, 6) is 0.993. The third kappa shape index (κ3) is 1.51. The molecule has 3 rings (SSSR count). The summed E-state index contributed by atoms with van der Waals surface area (Å²) >= 11 is 0. The first kappa shape index (κ1) is 10.9. The number of aromatic nitrogens is 5. The molecule has 2 aromatic rings. The van der Waals surface area contributed by atoms with Crippen LogP contribution in [0.25, 0.3) is 11.5 Å². The molecule has 1 N–H and O–H groups in total. The van der Waals surface area contributed by atoms with Gasteiger partial charge in [0.05, 0.1) is 0 Å². The Bertz CT molecular complexity index is 598. The van der Waals surface area contributed by atoms with Crippen LogP contribution < -0.4 is 0 Å². The van der Waals surface area contributed by atoms with Crippen LogP contribution in [0.1, 0.15) is 23.2 Å². The molecule has 2 aromatic heterocycles. The number of H-pyrrole nitrogens is 1. The summed E-state index contributed by atoms with van der Waals surface area (Å²) in [6.45, 7) is 5.98. The van der Waals surface area contributed by atoms with Gasteiger partial charge in [0.1, 0.15) is 5.69 Å². The first-order valence-electron chi connectivity index (χ1n) is 5.95. The van der Waals surface area contributed by atoms with Crippen LogP contribution in [0.15, 0.2) is 6.07 Å². The Labute approximate surface area is 104 Å². The maximum atomic E-state index is 12.1. The van der Waals surface area contributed by atoms with E-state index in [0.29, 0.717) is 31.3 Å². The van der Waals surface area contributed by atoms with E-state index in [0.717, 1.165) is 11.4 Å². The van der Waals surface area contributed by atoms with Gasteiger partial charge in [0.15, 0.2) is 5.82 Å². The predicted molar refractivity (Wildman–Crippen MR) is 63.9 cm³/mol. The van der Waals surface area contributed by atoms with Crippen molar-refractivity contribution in [1.82, 2.24) is 29.9 Å². The highest BCUT2D eigenvalue weighted by Gasteiger charge is 2.28. The van der Waals surface area contributed by atoms with Crippen LogP contribution in [0, 0.1) is 6.92 Å².